The monoisotopic (exact) mass is 262 g/mol. The molecular formula is C16H26N2O. The molecule has 0 aliphatic heterocycles. The minimum absolute atomic E-state index is 0.184. The van der Waals surface area contributed by atoms with Crippen molar-refractivity contribution in [2.75, 3.05) is 27.2 Å². The molecule has 2 N–H and O–H groups in total. The number of rotatable bonds is 5. The zero-order valence-electron chi connectivity index (χ0n) is 12.4. The van der Waals surface area contributed by atoms with Crippen LogP contribution in [0.5, 0.6) is 5.75 Å². The lowest BCUT2D eigenvalue weighted by Crippen LogP contribution is -2.48. The van der Waals surface area contributed by atoms with Crippen LogP contribution >= 0.6 is 0 Å². The Balaban J connectivity index is 2.08. The van der Waals surface area contributed by atoms with E-state index in [-0.39, 0.29) is 5.54 Å². The van der Waals surface area contributed by atoms with Crippen LogP contribution in [0, 0.1) is 0 Å². The van der Waals surface area contributed by atoms with Crippen LogP contribution in [0.4, 0.5) is 0 Å². The number of hydrogen-bond donors (Lipinski definition) is 1. The minimum Gasteiger partial charge on any atom is -0.494 e. The third-order valence-electron chi connectivity index (χ3n) is 4.58. The summed E-state index contributed by atoms with van der Waals surface area (Å²) in [5.74, 6) is 1.59. The van der Waals surface area contributed by atoms with E-state index in [0.717, 1.165) is 25.3 Å². The highest BCUT2D eigenvalue weighted by Crippen LogP contribution is 2.43. The number of nitrogens with two attached hydrogens (primary N) is 1. The second-order valence-electron chi connectivity index (χ2n) is 5.76. The zero-order chi connectivity index (χ0) is 13.9. The molecule has 0 saturated heterocycles. The third kappa shape index (κ3) is 2.93. The molecule has 0 aromatic heterocycles. The molecule has 0 bridgehead atoms. The Bertz CT molecular complexity index is 402. The average Bonchev–Trinajstić information content (AvgIpc) is 2.86. The molecule has 2 unspecified atom stereocenters. The Hall–Kier alpha value is -1.06. The smallest absolute Gasteiger partial charge is 0.119 e. The molecule has 0 amide bonds. The van der Waals surface area contributed by atoms with Crippen LogP contribution in [0.15, 0.2) is 24.3 Å². The molecule has 1 aromatic carbocycles. The van der Waals surface area contributed by atoms with E-state index < -0.39 is 0 Å². The predicted octanol–water partition coefficient (Wildman–Crippen LogP) is 2.61. The van der Waals surface area contributed by atoms with Gasteiger partial charge in [0, 0.05) is 12.1 Å². The molecule has 2 rings (SSSR count). The molecule has 0 heterocycles. The summed E-state index contributed by atoms with van der Waals surface area (Å²) in [6, 6.07) is 8.57. The number of hydrogen-bond acceptors (Lipinski definition) is 3. The first-order valence-corrected chi connectivity index (χ1v) is 7.21. The molecule has 0 spiro atoms. The van der Waals surface area contributed by atoms with Crippen LogP contribution in [-0.4, -0.2) is 37.7 Å². The molecule has 2 atom stereocenters. The normalized spacial score (nSPS) is 26.9. The molecule has 0 radical (unpaired) electrons. The summed E-state index contributed by atoms with van der Waals surface area (Å²) < 4.78 is 5.50. The number of nitrogens with zero attached hydrogens (tertiary/aromatic N) is 1. The maximum absolute atomic E-state index is 6.01. The van der Waals surface area contributed by atoms with Crippen LogP contribution in [0.25, 0.3) is 0 Å². The highest BCUT2D eigenvalue weighted by molar-refractivity contribution is 5.30. The van der Waals surface area contributed by atoms with E-state index in [1.807, 2.05) is 6.92 Å². The van der Waals surface area contributed by atoms with Gasteiger partial charge in [-0.15, -0.1) is 0 Å². The van der Waals surface area contributed by atoms with Gasteiger partial charge in [0.15, 0.2) is 0 Å². The first kappa shape index (κ1) is 14.4. The molecular weight excluding hydrogens is 236 g/mol. The van der Waals surface area contributed by atoms with Crippen molar-refractivity contribution < 1.29 is 4.74 Å². The standard InChI is InChI=1S/C16H26N2O/c1-4-19-15-7-5-13(6-8-15)14-9-10-16(11-14,12-17)18(2)3/h5-8,14H,4,9-12,17H2,1-3H3. The van der Waals surface area contributed by atoms with Gasteiger partial charge in [-0.05, 0) is 63.9 Å². The van der Waals surface area contributed by atoms with Gasteiger partial charge in [-0.3, -0.25) is 0 Å². The Morgan fingerprint density at radius 1 is 1.32 bits per heavy atom. The molecule has 3 nitrogen and oxygen atoms in total. The van der Waals surface area contributed by atoms with Crippen LogP contribution in [-0.2, 0) is 0 Å². The van der Waals surface area contributed by atoms with Crippen molar-refractivity contribution in [2.45, 2.75) is 37.6 Å². The van der Waals surface area contributed by atoms with E-state index >= 15 is 0 Å². The summed E-state index contributed by atoms with van der Waals surface area (Å²) in [6.07, 6.45) is 3.57. The van der Waals surface area contributed by atoms with Gasteiger partial charge in [-0.1, -0.05) is 12.1 Å². The predicted molar refractivity (Wildman–Crippen MR) is 79.7 cm³/mol. The van der Waals surface area contributed by atoms with Gasteiger partial charge in [0.2, 0.25) is 0 Å². The van der Waals surface area contributed by atoms with Gasteiger partial charge in [-0.25, -0.2) is 0 Å². The van der Waals surface area contributed by atoms with Gasteiger partial charge < -0.3 is 15.4 Å². The van der Waals surface area contributed by atoms with Crippen molar-refractivity contribution in [3.63, 3.8) is 0 Å². The molecule has 1 saturated carbocycles. The summed E-state index contributed by atoms with van der Waals surface area (Å²) in [6.45, 7) is 3.48. The Labute approximate surface area is 116 Å². The Kier molecular flexibility index (Phi) is 4.48. The van der Waals surface area contributed by atoms with Crippen molar-refractivity contribution in [3.05, 3.63) is 29.8 Å². The molecule has 1 aromatic rings. The minimum atomic E-state index is 0.184. The second-order valence-corrected chi connectivity index (χ2v) is 5.76. The van der Waals surface area contributed by atoms with E-state index in [1.165, 1.54) is 18.4 Å². The highest BCUT2D eigenvalue weighted by Gasteiger charge is 2.40. The fourth-order valence-corrected chi connectivity index (χ4v) is 3.17. The molecule has 1 aliphatic carbocycles. The average molecular weight is 262 g/mol. The summed E-state index contributed by atoms with van der Waals surface area (Å²) in [4.78, 5) is 2.31. The summed E-state index contributed by atoms with van der Waals surface area (Å²) in [7, 11) is 4.29. The zero-order valence-corrected chi connectivity index (χ0v) is 12.4. The van der Waals surface area contributed by atoms with Gasteiger partial charge in [-0.2, -0.15) is 0 Å². The molecule has 1 aliphatic rings. The van der Waals surface area contributed by atoms with Gasteiger partial charge in [0.05, 0.1) is 6.61 Å². The van der Waals surface area contributed by atoms with Crippen molar-refractivity contribution in [1.29, 1.82) is 0 Å². The molecule has 19 heavy (non-hydrogen) atoms. The summed E-state index contributed by atoms with van der Waals surface area (Å²) in [5, 5.41) is 0. The fraction of sp³-hybridized carbons (Fsp3) is 0.625. The Morgan fingerprint density at radius 2 is 2.00 bits per heavy atom. The summed E-state index contributed by atoms with van der Waals surface area (Å²) in [5.41, 5.74) is 7.61. The molecule has 106 valence electrons. The van der Waals surface area contributed by atoms with Crippen LogP contribution in [0.3, 0.4) is 0 Å². The lowest BCUT2D eigenvalue weighted by molar-refractivity contribution is 0.165. The van der Waals surface area contributed by atoms with E-state index in [0.29, 0.717) is 5.92 Å². The van der Waals surface area contributed by atoms with E-state index in [2.05, 4.69) is 43.3 Å². The quantitative estimate of drug-likeness (QED) is 0.886. The van der Waals surface area contributed by atoms with Crippen molar-refractivity contribution >= 4 is 0 Å². The molecule has 3 heteroatoms. The van der Waals surface area contributed by atoms with Crippen molar-refractivity contribution in [1.82, 2.24) is 4.90 Å². The van der Waals surface area contributed by atoms with E-state index in [1.54, 1.807) is 0 Å². The topological polar surface area (TPSA) is 38.5 Å². The number of likely N-dealkylation sites (N-methyl/N-ethyl adjacent to an activating group) is 1. The Morgan fingerprint density at radius 3 is 2.47 bits per heavy atom. The van der Waals surface area contributed by atoms with Gasteiger partial charge >= 0.3 is 0 Å². The van der Waals surface area contributed by atoms with E-state index in [4.69, 9.17) is 10.5 Å². The van der Waals surface area contributed by atoms with Crippen LogP contribution < -0.4 is 10.5 Å². The maximum Gasteiger partial charge on any atom is 0.119 e. The van der Waals surface area contributed by atoms with Crippen LogP contribution in [0.1, 0.15) is 37.7 Å². The van der Waals surface area contributed by atoms with Crippen molar-refractivity contribution in [3.8, 4) is 5.75 Å². The van der Waals surface area contributed by atoms with Gasteiger partial charge in [0.1, 0.15) is 5.75 Å². The highest BCUT2D eigenvalue weighted by atomic mass is 16.5. The number of benzene rings is 1. The largest absolute Gasteiger partial charge is 0.494 e. The third-order valence-corrected chi connectivity index (χ3v) is 4.58. The fourth-order valence-electron chi connectivity index (χ4n) is 3.17. The second kappa shape index (κ2) is 5.93. The SMILES string of the molecule is CCOc1ccc(C2CCC(CN)(N(C)C)C2)cc1. The first-order valence-electron chi connectivity index (χ1n) is 7.21. The maximum atomic E-state index is 6.01. The number of ether oxygens (including phenoxy) is 1. The first-order chi connectivity index (χ1) is 9.11. The molecule has 1 fully saturated rings. The van der Waals surface area contributed by atoms with Gasteiger partial charge in [0.25, 0.3) is 0 Å². The van der Waals surface area contributed by atoms with Crippen LogP contribution in [0.2, 0.25) is 0 Å². The van der Waals surface area contributed by atoms with E-state index in [9.17, 15) is 0 Å². The lowest BCUT2D eigenvalue weighted by atomic mass is 9.91. The van der Waals surface area contributed by atoms with Crippen molar-refractivity contribution in [2.24, 2.45) is 5.73 Å². The lowest BCUT2D eigenvalue weighted by Gasteiger charge is -2.35. The summed E-state index contributed by atoms with van der Waals surface area (Å²) >= 11 is 0.